The Hall–Kier alpha value is -2.24. The van der Waals surface area contributed by atoms with Crippen molar-refractivity contribution in [1.82, 2.24) is 9.78 Å². The van der Waals surface area contributed by atoms with Gasteiger partial charge in [-0.25, -0.2) is 0 Å². The van der Waals surface area contributed by atoms with Crippen molar-refractivity contribution >= 4 is 0 Å². The van der Waals surface area contributed by atoms with Crippen molar-refractivity contribution in [3.63, 3.8) is 0 Å². The van der Waals surface area contributed by atoms with E-state index < -0.39 is 6.61 Å². The first-order chi connectivity index (χ1) is 8.56. The molecule has 1 aromatic carbocycles. The monoisotopic (exact) mass is 252 g/mol. The molecule has 0 aliphatic carbocycles. The molecule has 0 saturated carbocycles. The van der Waals surface area contributed by atoms with E-state index in [4.69, 9.17) is 0 Å². The molecule has 0 atom stereocenters. The van der Waals surface area contributed by atoms with Gasteiger partial charge in [-0.15, -0.1) is 0 Å². The lowest BCUT2D eigenvalue weighted by Gasteiger charge is -2.07. The molecule has 2 aromatic rings. The summed E-state index contributed by atoms with van der Waals surface area (Å²) in [5.41, 5.74) is 0.776. The second-order valence-electron chi connectivity index (χ2n) is 3.66. The molecule has 0 radical (unpaired) electrons. The number of aromatic nitrogens is 2. The fourth-order valence-corrected chi connectivity index (χ4v) is 1.48. The maximum Gasteiger partial charge on any atom is 0.387 e. The van der Waals surface area contributed by atoms with Crippen molar-refractivity contribution in [2.45, 2.75) is 13.5 Å². The van der Waals surface area contributed by atoms with Crippen LogP contribution in [0.15, 0.2) is 41.3 Å². The molecule has 0 spiro atoms. The molecule has 0 aliphatic rings. The van der Waals surface area contributed by atoms with Gasteiger partial charge in [0.2, 0.25) is 0 Å². The van der Waals surface area contributed by atoms with E-state index in [1.54, 1.807) is 13.0 Å². The first-order valence-corrected chi connectivity index (χ1v) is 5.17. The van der Waals surface area contributed by atoms with Gasteiger partial charge in [-0.05, 0) is 24.6 Å². The summed E-state index contributed by atoms with van der Waals surface area (Å²) in [7, 11) is 0. The molecule has 0 amide bonds. The van der Waals surface area contributed by atoms with E-state index in [2.05, 4.69) is 9.84 Å². The van der Waals surface area contributed by atoms with E-state index >= 15 is 0 Å². The molecule has 4 nitrogen and oxygen atoms in total. The molecule has 2 rings (SSSR count). The van der Waals surface area contributed by atoms with Crippen molar-refractivity contribution < 1.29 is 13.5 Å². The fraction of sp³-hybridized carbons (Fsp3) is 0.167. The van der Waals surface area contributed by atoms with Gasteiger partial charge >= 0.3 is 6.61 Å². The zero-order valence-corrected chi connectivity index (χ0v) is 9.51. The van der Waals surface area contributed by atoms with Crippen molar-refractivity contribution in [3.05, 3.63) is 52.4 Å². The largest absolute Gasteiger partial charge is 0.435 e. The molecule has 0 fully saturated rings. The van der Waals surface area contributed by atoms with Crippen LogP contribution in [0, 0.1) is 6.92 Å². The lowest BCUT2D eigenvalue weighted by Crippen LogP contribution is -2.20. The van der Waals surface area contributed by atoms with Gasteiger partial charge in [0.1, 0.15) is 5.75 Å². The van der Waals surface area contributed by atoms with E-state index in [1.165, 1.54) is 30.5 Å². The lowest BCUT2D eigenvalue weighted by molar-refractivity contribution is -0.0498. The van der Waals surface area contributed by atoms with E-state index in [0.29, 0.717) is 5.69 Å². The zero-order chi connectivity index (χ0) is 13.1. The summed E-state index contributed by atoms with van der Waals surface area (Å²) in [5.74, 6) is -0.0169. The number of hydrogen-bond acceptors (Lipinski definition) is 3. The topological polar surface area (TPSA) is 44.1 Å². The molecule has 18 heavy (non-hydrogen) atoms. The van der Waals surface area contributed by atoms with Crippen LogP contribution in [-0.2, 0) is 0 Å². The van der Waals surface area contributed by atoms with Crippen molar-refractivity contribution in [2.24, 2.45) is 0 Å². The number of benzene rings is 1. The number of aryl methyl sites for hydroxylation is 1. The summed E-state index contributed by atoms with van der Waals surface area (Å²) < 4.78 is 29.5. The zero-order valence-electron chi connectivity index (χ0n) is 9.51. The maximum atomic E-state index is 12.1. The first kappa shape index (κ1) is 12.2. The van der Waals surface area contributed by atoms with Gasteiger partial charge in [0.25, 0.3) is 5.56 Å². The summed E-state index contributed by atoms with van der Waals surface area (Å²) in [4.78, 5) is 11.7. The normalized spacial score (nSPS) is 10.7. The third-order valence-corrected chi connectivity index (χ3v) is 2.22. The second-order valence-corrected chi connectivity index (χ2v) is 3.66. The molecule has 94 valence electrons. The molecule has 0 aliphatic heterocycles. The molecule has 0 bridgehead atoms. The summed E-state index contributed by atoms with van der Waals surface area (Å²) in [6, 6.07) is 7.22. The summed E-state index contributed by atoms with van der Waals surface area (Å²) in [6.45, 7) is -1.15. The van der Waals surface area contributed by atoms with Crippen LogP contribution in [0.1, 0.15) is 5.56 Å². The highest BCUT2D eigenvalue weighted by molar-refractivity contribution is 5.38. The fourth-order valence-electron chi connectivity index (χ4n) is 1.48. The Morgan fingerprint density at radius 1 is 1.33 bits per heavy atom. The number of ether oxygens (including phenoxy) is 1. The van der Waals surface area contributed by atoms with E-state index in [-0.39, 0.29) is 11.3 Å². The molecule has 0 saturated heterocycles. The number of hydrogen-bond donors (Lipinski definition) is 0. The quantitative estimate of drug-likeness (QED) is 0.840. The number of halogens is 2. The first-order valence-electron chi connectivity index (χ1n) is 5.17. The van der Waals surface area contributed by atoms with Gasteiger partial charge in [-0.3, -0.25) is 4.79 Å². The van der Waals surface area contributed by atoms with Crippen LogP contribution in [0.2, 0.25) is 0 Å². The van der Waals surface area contributed by atoms with E-state index in [0.717, 1.165) is 10.2 Å². The van der Waals surface area contributed by atoms with Gasteiger partial charge < -0.3 is 4.74 Å². The highest BCUT2D eigenvalue weighted by atomic mass is 19.3. The van der Waals surface area contributed by atoms with Crippen LogP contribution < -0.4 is 10.3 Å². The molecule has 0 unspecified atom stereocenters. The molecular weight excluding hydrogens is 242 g/mol. The number of nitrogens with zero attached hydrogens (tertiary/aromatic N) is 2. The Bertz CT molecular complexity index is 611. The molecule has 0 N–H and O–H groups in total. The van der Waals surface area contributed by atoms with Gasteiger partial charge in [0.15, 0.2) is 0 Å². The van der Waals surface area contributed by atoms with Gasteiger partial charge in [-0.2, -0.15) is 18.6 Å². The van der Waals surface area contributed by atoms with Crippen LogP contribution in [-0.4, -0.2) is 16.4 Å². The minimum atomic E-state index is -2.90. The van der Waals surface area contributed by atoms with Crippen LogP contribution in [0.5, 0.6) is 5.75 Å². The molecular formula is C12H10F2N2O2. The van der Waals surface area contributed by atoms with Crippen molar-refractivity contribution in [3.8, 4) is 11.4 Å². The average molecular weight is 252 g/mol. The summed E-state index contributed by atoms with van der Waals surface area (Å²) in [5, 5.41) is 3.93. The average Bonchev–Trinajstić information content (AvgIpc) is 2.28. The number of rotatable bonds is 3. The Morgan fingerprint density at radius 3 is 2.78 bits per heavy atom. The smallest absolute Gasteiger partial charge is 0.387 e. The Labute approximate surface area is 101 Å². The highest BCUT2D eigenvalue weighted by Crippen LogP contribution is 2.17. The number of alkyl halides is 2. The summed E-state index contributed by atoms with van der Waals surface area (Å²) in [6.07, 6.45) is 1.52. The van der Waals surface area contributed by atoms with Crippen molar-refractivity contribution in [1.29, 1.82) is 0 Å². The predicted octanol–water partition coefficient (Wildman–Crippen LogP) is 2.14. The molecule has 1 heterocycles. The van der Waals surface area contributed by atoms with Crippen LogP contribution >= 0.6 is 0 Å². The van der Waals surface area contributed by atoms with Crippen molar-refractivity contribution in [2.75, 3.05) is 0 Å². The third kappa shape index (κ3) is 2.71. The minimum Gasteiger partial charge on any atom is -0.435 e. The predicted molar refractivity (Wildman–Crippen MR) is 61.2 cm³/mol. The SMILES string of the molecule is Cc1cnn(-c2cccc(OC(F)F)c2)c(=O)c1. The molecule has 6 heteroatoms. The van der Waals surface area contributed by atoms with Crippen LogP contribution in [0.3, 0.4) is 0 Å². The van der Waals surface area contributed by atoms with Gasteiger partial charge in [-0.1, -0.05) is 6.07 Å². The van der Waals surface area contributed by atoms with Crippen LogP contribution in [0.25, 0.3) is 5.69 Å². The third-order valence-electron chi connectivity index (χ3n) is 2.22. The molecule has 1 aromatic heterocycles. The van der Waals surface area contributed by atoms with E-state index in [1.807, 2.05) is 0 Å². The standard InChI is InChI=1S/C12H10F2N2O2/c1-8-5-11(17)16(15-7-8)9-3-2-4-10(6-9)18-12(13)14/h2-7,12H,1H3. The Balaban J connectivity index is 2.41. The summed E-state index contributed by atoms with van der Waals surface area (Å²) >= 11 is 0. The minimum absolute atomic E-state index is 0.0169. The van der Waals surface area contributed by atoms with E-state index in [9.17, 15) is 13.6 Å². The Kier molecular flexibility index (Phi) is 3.36. The lowest BCUT2D eigenvalue weighted by atomic mass is 10.3. The maximum absolute atomic E-state index is 12.1. The van der Waals surface area contributed by atoms with Crippen LogP contribution in [0.4, 0.5) is 8.78 Å². The van der Waals surface area contributed by atoms with Gasteiger partial charge in [0, 0.05) is 12.1 Å². The van der Waals surface area contributed by atoms with Gasteiger partial charge in [0.05, 0.1) is 11.9 Å². The Morgan fingerprint density at radius 2 is 2.11 bits per heavy atom. The highest BCUT2D eigenvalue weighted by Gasteiger charge is 2.06. The second kappa shape index (κ2) is 4.95.